The van der Waals surface area contributed by atoms with Crippen LogP contribution in [0.5, 0.6) is 0 Å². The minimum atomic E-state index is 0.648. The maximum Gasteiger partial charge on any atom is 0.253 e. The number of H-pyrrole nitrogens is 1. The average molecular weight is 312 g/mol. The van der Waals surface area contributed by atoms with E-state index in [9.17, 15) is 0 Å². The van der Waals surface area contributed by atoms with E-state index >= 15 is 0 Å². The normalized spacial score (nSPS) is 11.4. The second-order valence-electron chi connectivity index (χ2n) is 5.40. The van der Waals surface area contributed by atoms with Crippen molar-refractivity contribution in [2.24, 2.45) is 0 Å². The molecule has 0 atom stereocenters. The van der Waals surface area contributed by atoms with Crippen molar-refractivity contribution < 1.29 is 0 Å². The topological polar surface area (TPSA) is 58.0 Å². The van der Waals surface area contributed by atoms with Crippen LogP contribution in [0.1, 0.15) is 11.1 Å². The molecule has 2 aromatic heterocycles. The van der Waals surface area contributed by atoms with Crippen molar-refractivity contribution in [2.75, 3.05) is 5.32 Å². The second kappa shape index (κ2) is 4.74. The molecule has 4 aromatic rings. The van der Waals surface area contributed by atoms with Gasteiger partial charge in [-0.15, -0.1) is 0 Å². The first-order valence-electron chi connectivity index (χ1n) is 6.98. The van der Waals surface area contributed by atoms with Crippen LogP contribution in [-0.4, -0.2) is 19.6 Å². The van der Waals surface area contributed by atoms with E-state index in [0.717, 1.165) is 27.3 Å². The molecule has 6 heteroatoms. The van der Waals surface area contributed by atoms with Gasteiger partial charge < -0.3 is 5.32 Å². The first-order valence-corrected chi connectivity index (χ1v) is 7.36. The highest BCUT2D eigenvalue weighted by Crippen LogP contribution is 2.23. The van der Waals surface area contributed by atoms with E-state index in [1.165, 1.54) is 5.56 Å². The number of imidazole rings is 1. The van der Waals surface area contributed by atoms with Gasteiger partial charge in [-0.3, -0.25) is 5.10 Å². The Labute approximate surface area is 131 Å². The average Bonchev–Trinajstić information content (AvgIpc) is 2.98. The zero-order chi connectivity index (χ0) is 15.3. The Bertz CT molecular complexity index is 999. The maximum atomic E-state index is 5.98. The lowest BCUT2D eigenvalue weighted by molar-refractivity contribution is 1.01. The first-order chi connectivity index (χ1) is 10.6. The lowest BCUT2D eigenvalue weighted by Crippen LogP contribution is -1.95. The molecule has 2 N–H and O–H groups in total. The molecule has 0 fully saturated rings. The number of aromatic amines is 1. The van der Waals surface area contributed by atoms with Crippen LogP contribution < -0.4 is 5.32 Å². The summed E-state index contributed by atoms with van der Waals surface area (Å²) in [4.78, 5) is 9.02. The fourth-order valence-electron chi connectivity index (χ4n) is 2.54. The minimum Gasteiger partial charge on any atom is -0.324 e. The number of nitrogens with one attached hydrogen (secondary N) is 2. The minimum absolute atomic E-state index is 0.648. The van der Waals surface area contributed by atoms with Crippen molar-refractivity contribution >= 4 is 40.0 Å². The van der Waals surface area contributed by atoms with Gasteiger partial charge in [-0.25, -0.2) is 9.50 Å². The van der Waals surface area contributed by atoms with E-state index in [0.29, 0.717) is 11.7 Å². The molecule has 0 aliphatic rings. The highest BCUT2D eigenvalue weighted by atomic mass is 35.5. The van der Waals surface area contributed by atoms with Crippen molar-refractivity contribution in [1.82, 2.24) is 19.6 Å². The molecule has 0 aliphatic heterocycles. The highest BCUT2D eigenvalue weighted by molar-refractivity contribution is 6.30. The zero-order valence-electron chi connectivity index (χ0n) is 12.2. The number of halogens is 1. The number of hydrogen-bond acceptors (Lipinski definition) is 3. The molecule has 0 saturated carbocycles. The molecule has 0 amide bonds. The summed E-state index contributed by atoms with van der Waals surface area (Å²) in [6.07, 6.45) is 0. The van der Waals surface area contributed by atoms with Crippen molar-refractivity contribution in [2.45, 2.75) is 13.8 Å². The third-order valence-electron chi connectivity index (χ3n) is 3.66. The van der Waals surface area contributed by atoms with Crippen LogP contribution in [0.2, 0.25) is 5.02 Å². The van der Waals surface area contributed by atoms with Crippen LogP contribution in [0.25, 0.3) is 16.8 Å². The smallest absolute Gasteiger partial charge is 0.253 e. The number of nitrogens with zero attached hydrogens (tertiary/aromatic N) is 3. The van der Waals surface area contributed by atoms with Crippen LogP contribution >= 0.6 is 11.6 Å². The van der Waals surface area contributed by atoms with E-state index < -0.39 is 0 Å². The molecule has 4 rings (SSSR count). The maximum absolute atomic E-state index is 5.98. The van der Waals surface area contributed by atoms with Crippen LogP contribution in [0.15, 0.2) is 36.4 Å². The SMILES string of the molecule is Cc1ccc2c(c1)nc1nc(Nc3ccc(Cl)cc3C)[nH]n12. The van der Waals surface area contributed by atoms with Gasteiger partial charge >= 0.3 is 0 Å². The molecular weight excluding hydrogens is 298 g/mol. The van der Waals surface area contributed by atoms with Crippen LogP contribution in [0.4, 0.5) is 11.6 Å². The molecule has 0 aliphatic carbocycles. The molecule has 2 heterocycles. The summed E-state index contributed by atoms with van der Waals surface area (Å²) in [5.41, 5.74) is 5.15. The molecule has 0 radical (unpaired) electrons. The number of rotatable bonds is 2. The quantitative estimate of drug-likeness (QED) is 0.582. The Hall–Kier alpha value is -2.53. The van der Waals surface area contributed by atoms with E-state index in [-0.39, 0.29) is 0 Å². The predicted molar refractivity (Wildman–Crippen MR) is 89.1 cm³/mol. The Morgan fingerprint density at radius 2 is 1.95 bits per heavy atom. The summed E-state index contributed by atoms with van der Waals surface area (Å²) in [5, 5.41) is 7.21. The van der Waals surface area contributed by atoms with Crippen molar-refractivity contribution in [3.05, 3.63) is 52.5 Å². The Morgan fingerprint density at radius 3 is 2.77 bits per heavy atom. The van der Waals surface area contributed by atoms with Gasteiger partial charge in [-0.1, -0.05) is 17.7 Å². The third kappa shape index (κ3) is 2.10. The molecule has 110 valence electrons. The van der Waals surface area contributed by atoms with Gasteiger partial charge in [0.2, 0.25) is 5.95 Å². The highest BCUT2D eigenvalue weighted by Gasteiger charge is 2.10. The molecule has 22 heavy (non-hydrogen) atoms. The van der Waals surface area contributed by atoms with Gasteiger partial charge in [0, 0.05) is 10.7 Å². The molecular formula is C16H14ClN5. The molecule has 0 saturated heterocycles. The summed E-state index contributed by atoms with van der Waals surface area (Å²) in [6.45, 7) is 4.05. The van der Waals surface area contributed by atoms with Gasteiger partial charge in [0.15, 0.2) is 0 Å². The number of aromatic nitrogens is 4. The summed E-state index contributed by atoms with van der Waals surface area (Å²) >= 11 is 5.98. The molecule has 0 unspecified atom stereocenters. The lowest BCUT2D eigenvalue weighted by atomic mass is 10.2. The van der Waals surface area contributed by atoms with Crippen LogP contribution in [0, 0.1) is 13.8 Å². The van der Waals surface area contributed by atoms with E-state index in [4.69, 9.17) is 11.6 Å². The summed E-state index contributed by atoms with van der Waals surface area (Å²) in [6, 6.07) is 11.9. The second-order valence-corrected chi connectivity index (χ2v) is 5.83. The zero-order valence-corrected chi connectivity index (χ0v) is 12.9. The third-order valence-corrected chi connectivity index (χ3v) is 3.90. The predicted octanol–water partition coefficient (Wildman–Crippen LogP) is 4.22. The van der Waals surface area contributed by atoms with Gasteiger partial charge in [-0.05, 0) is 55.3 Å². The standard InChI is InChI=1S/C16H14ClN5/c1-9-3-6-14-13(7-9)19-16-20-15(21-22(14)16)18-12-5-4-11(17)8-10(12)2/h3-8H,1-2H3,(H2,18,19,20,21). The van der Waals surface area contributed by atoms with E-state index in [1.54, 1.807) is 0 Å². The summed E-state index contributed by atoms with van der Waals surface area (Å²) in [7, 11) is 0. The number of benzene rings is 2. The lowest BCUT2D eigenvalue weighted by Gasteiger charge is -2.06. The fraction of sp³-hybridized carbons (Fsp3) is 0.125. The fourth-order valence-corrected chi connectivity index (χ4v) is 2.77. The molecule has 0 bridgehead atoms. The van der Waals surface area contributed by atoms with Crippen LogP contribution in [0.3, 0.4) is 0 Å². The number of anilines is 2. The first kappa shape index (κ1) is 13.2. The summed E-state index contributed by atoms with van der Waals surface area (Å²) < 4.78 is 1.88. The largest absolute Gasteiger partial charge is 0.324 e. The van der Waals surface area contributed by atoms with Gasteiger partial charge in [0.05, 0.1) is 11.0 Å². The monoisotopic (exact) mass is 311 g/mol. The Kier molecular flexibility index (Phi) is 2.84. The number of aryl methyl sites for hydroxylation is 2. The Morgan fingerprint density at radius 1 is 1.09 bits per heavy atom. The molecule has 5 nitrogen and oxygen atoms in total. The van der Waals surface area contributed by atoms with Crippen molar-refractivity contribution in [3.63, 3.8) is 0 Å². The van der Waals surface area contributed by atoms with Crippen LogP contribution in [-0.2, 0) is 0 Å². The Balaban J connectivity index is 1.76. The number of hydrogen-bond donors (Lipinski definition) is 2. The van der Waals surface area contributed by atoms with Gasteiger partial charge in [0.25, 0.3) is 5.78 Å². The van der Waals surface area contributed by atoms with Crippen molar-refractivity contribution in [3.8, 4) is 0 Å². The van der Waals surface area contributed by atoms with E-state index in [1.807, 2.05) is 41.8 Å². The summed E-state index contributed by atoms with van der Waals surface area (Å²) in [5.74, 6) is 1.30. The molecule has 0 spiro atoms. The number of fused-ring (bicyclic) bond motifs is 3. The molecule has 2 aromatic carbocycles. The van der Waals surface area contributed by atoms with E-state index in [2.05, 4.69) is 33.4 Å². The van der Waals surface area contributed by atoms with Gasteiger partial charge in [-0.2, -0.15) is 4.98 Å². The van der Waals surface area contributed by atoms with Gasteiger partial charge in [0.1, 0.15) is 0 Å². The van der Waals surface area contributed by atoms with Crippen molar-refractivity contribution in [1.29, 1.82) is 0 Å².